The standard InChI is InChI=1S/C24H24ClFN6O3S/c1-14(2)36(33,34)20-8-7-17(11-18(20)25)19-13-29-22(27)21(30-19)24-32-31-23(35-24)16-5-3-15(4-6-16)12-28-10-9-26/h3-8,11,13-14,28H,9-10,12H2,1-2H3,(H2,27,29). The van der Waals surface area contributed by atoms with Crippen molar-refractivity contribution in [3.63, 3.8) is 0 Å². The number of sulfone groups is 1. The molecule has 36 heavy (non-hydrogen) atoms. The number of nitrogens with one attached hydrogen (secondary N) is 1. The molecular formula is C24H24ClFN6O3S. The highest BCUT2D eigenvalue weighted by molar-refractivity contribution is 7.92. The molecule has 2 heterocycles. The normalized spacial score (nSPS) is 11.8. The first-order valence-electron chi connectivity index (χ1n) is 11.1. The third-order valence-corrected chi connectivity index (χ3v) is 8.02. The van der Waals surface area contributed by atoms with Gasteiger partial charge in [0.25, 0.3) is 5.89 Å². The van der Waals surface area contributed by atoms with Crippen molar-refractivity contribution >= 4 is 27.3 Å². The molecule has 0 unspecified atom stereocenters. The molecular weight excluding hydrogens is 507 g/mol. The summed E-state index contributed by atoms with van der Waals surface area (Å²) in [5.74, 6) is 0.440. The minimum atomic E-state index is -3.54. The maximum atomic E-state index is 12.5. The number of aromatic nitrogens is 4. The molecule has 9 nitrogen and oxygen atoms in total. The van der Waals surface area contributed by atoms with Crippen LogP contribution in [-0.2, 0) is 16.4 Å². The Morgan fingerprint density at radius 2 is 1.78 bits per heavy atom. The summed E-state index contributed by atoms with van der Waals surface area (Å²) in [6, 6.07) is 12.0. The van der Waals surface area contributed by atoms with Gasteiger partial charge in [0.1, 0.15) is 6.67 Å². The monoisotopic (exact) mass is 530 g/mol. The fourth-order valence-electron chi connectivity index (χ4n) is 3.34. The van der Waals surface area contributed by atoms with Crippen LogP contribution in [0, 0.1) is 0 Å². The van der Waals surface area contributed by atoms with E-state index in [1.807, 2.05) is 24.3 Å². The van der Waals surface area contributed by atoms with Gasteiger partial charge >= 0.3 is 0 Å². The van der Waals surface area contributed by atoms with E-state index in [1.54, 1.807) is 19.9 Å². The second-order valence-corrected chi connectivity index (χ2v) is 11.1. The number of nitrogen functional groups attached to an aromatic ring is 1. The third-order valence-electron chi connectivity index (χ3n) is 5.38. The maximum Gasteiger partial charge on any atom is 0.270 e. The predicted molar refractivity (Wildman–Crippen MR) is 136 cm³/mol. The van der Waals surface area contributed by atoms with E-state index in [2.05, 4.69) is 25.5 Å². The van der Waals surface area contributed by atoms with Gasteiger partial charge in [-0.2, -0.15) is 0 Å². The second kappa shape index (κ2) is 10.7. The van der Waals surface area contributed by atoms with Gasteiger partial charge < -0.3 is 15.5 Å². The largest absolute Gasteiger partial charge is 0.414 e. The molecule has 0 saturated carbocycles. The van der Waals surface area contributed by atoms with Gasteiger partial charge in [0.15, 0.2) is 21.3 Å². The van der Waals surface area contributed by atoms with E-state index in [1.165, 1.54) is 18.3 Å². The fraction of sp³-hybridized carbons (Fsp3) is 0.250. The van der Waals surface area contributed by atoms with Gasteiger partial charge in [-0.05, 0) is 43.7 Å². The number of benzene rings is 2. The van der Waals surface area contributed by atoms with E-state index < -0.39 is 21.8 Å². The first-order valence-corrected chi connectivity index (χ1v) is 13.0. The molecule has 3 N–H and O–H groups in total. The Labute approximate surface area is 212 Å². The molecule has 0 fully saturated rings. The molecule has 0 aliphatic heterocycles. The Morgan fingerprint density at radius 1 is 1.08 bits per heavy atom. The topological polar surface area (TPSA) is 137 Å². The summed E-state index contributed by atoms with van der Waals surface area (Å²) >= 11 is 6.30. The molecule has 12 heteroatoms. The number of anilines is 1. The average Bonchev–Trinajstić information content (AvgIpc) is 3.34. The Bertz CT molecular complexity index is 1480. The Kier molecular flexibility index (Phi) is 7.62. The van der Waals surface area contributed by atoms with Crippen molar-refractivity contribution in [2.45, 2.75) is 30.5 Å². The SMILES string of the molecule is CC(C)S(=O)(=O)c1ccc(-c2cnc(N)c(-c3nnc(-c4ccc(CNCCF)cc4)o3)n2)cc1Cl. The summed E-state index contributed by atoms with van der Waals surface area (Å²) in [6.07, 6.45) is 1.45. The molecule has 2 aromatic carbocycles. The van der Waals surface area contributed by atoms with Crippen LogP contribution in [0.25, 0.3) is 34.3 Å². The van der Waals surface area contributed by atoms with E-state index in [-0.39, 0.29) is 33.2 Å². The highest BCUT2D eigenvalue weighted by Gasteiger charge is 2.23. The molecule has 0 saturated heterocycles. The van der Waals surface area contributed by atoms with Crippen LogP contribution in [0.3, 0.4) is 0 Å². The Morgan fingerprint density at radius 3 is 2.44 bits per heavy atom. The maximum absolute atomic E-state index is 12.5. The van der Waals surface area contributed by atoms with Gasteiger partial charge in [-0.1, -0.05) is 29.8 Å². The first kappa shape index (κ1) is 25.7. The molecule has 2 aromatic heterocycles. The van der Waals surface area contributed by atoms with Crippen molar-refractivity contribution in [2.24, 2.45) is 0 Å². The molecule has 0 aliphatic rings. The molecule has 0 bridgehead atoms. The van der Waals surface area contributed by atoms with E-state index in [0.29, 0.717) is 29.9 Å². The molecule has 0 amide bonds. The average molecular weight is 531 g/mol. The van der Waals surface area contributed by atoms with Crippen molar-refractivity contribution in [2.75, 3.05) is 19.0 Å². The lowest BCUT2D eigenvalue weighted by molar-refractivity contribution is 0.467. The van der Waals surface area contributed by atoms with Gasteiger partial charge in [0.05, 0.1) is 27.1 Å². The highest BCUT2D eigenvalue weighted by atomic mass is 35.5. The van der Waals surface area contributed by atoms with Gasteiger partial charge in [-0.15, -0.1) is 10.2 Å². The smallest absolute Gasteiger partial charge is 0.270 e. The van der Waals surface area contributed by atoms with E-state index in [0.717, 1.165) is 5.56 Å². The zero-order chi connectivity index (χ0) is 25.9. The number of alkyl halides is 1. The van der Waals surface area contributed by atoms with Crippen molar-refractivity contribution in [1.29, 1.82) is 0 Å². The van der Waals surface area contributed by atoms with E-state index in [4.69, 9.17) is 21.8 Å². The Balaban J connectivity index is 1.60. The molecule has 0 spiro atoms. The summed E-state index contributed by atoms with van der Waals surface area (Å²) in [5, 5.41) is 10.6. The van der Waals surface area contributed by atoms with Crippen molar-refractivity contribution < 1.29 is 17.2 Å². The number of halogens is 2. The molecule has 0 atom stereocenters. The first-order chi connectivity index (χ1) is 17.2. The van der Waals surface area contributed by atoms with Crippen LogP contribution in [0.15, 0.2) is 58.0 Å². The zero-order valence-electron chi connectivity index (χ0n) is 19.6. The van der Waals surface area contributed by atoms with Crippen LogP contribution < -0.4 is 11.1 Å². The Hall–Kier alpha value is -3.41. The quantitative estimate of drug-likeness (QED) is 0.303. The van der Waals surface area contributed by atoms with Gasteiger partial charge in [-0.3, -0.25) is 0 Å². The summed E-state index contributed by atoms with van der Waals surface area (Å²) < 4.78 is 43.1. The number of hydrogen-bond donors (Lipinski definition) is 2. The third kappa shape index (κ3) is 5.38. The van der Waals surface area contributed by atoms with Crippen LogP contribution >= 0.6 is 11.6 Å². The lowest BCUT2D eigenvalue weighted by Crippen LogP contribution is -2.15. The summed E-state index contributed by atoms with van der Waals surface area (Å²) in [5.41, 5.74) is 8.85. The highest BCUT2D eigenvalue weighted by Crippen LogP contribution is 2.32. The summed E-state index contributed by atoms with van der Waals surface area (Å²) in [7, 11) is -3.54. The molecule has 188 valence electrons. The van der Waals surface area contributed by atoms with E-state index >= 15 is 0 Å². The van der Waals surface area contributed by atoms with Crippen LogP contribution in [0.2, 0.25) is 5.02 Å². The molecule has 4 aromatic rings. The molecule has 0 aliphatic carbocycles. The van der Waals surface area contributed by atoms with Gasteiger partial charge in [0, 0.05) is 24.2 Å². The molecule has 0 radical (unpaired) electrons. The molecule has 4 rings (SSSR count). The van der Waals surface area contributed by atoms with Gasteiger partial charge in [-0.25, -0.2) is 22.8 Å². The van der Waals surface area contributed by atoms with Crippen molar-refractivity contribution in [3.8, 4) is 34.3 Å². The van der Waals surface area contributed by atoms with Crippen LogP contribution in [0.1, 0.15) is 19.4 Å². The summed E-state index contributed by atoms with van der Waals surface area (Å²) in [4.78, 5) is 8.75. The van der Waals surface area contributed by atoms with Crippen LogP contribution in [-0.4, -0.2) is 47.1 Å². The minimum absolute atomic E-state index is 0.0531. The van der Waals surface area contributed by atoms with Gasteiger partial charge in [0.2, 0.25) is 5.89 Å². The number of nitrogens with two attached hydrogens (primary N) is 1. The number of hydrogen-bond acceptors (Lipinski definition) is 9. The number of nitrogens with zero attached hydrogens (tertiary/aromatic N) is 4. The minimum Gasteiger partial charge on any atom is -0.414 e. The fourth-order valence-corrected chi connectivity index (χ4v) is 4.94. The predicted octanol–water partition coefficient (Wildman–Crippen LogP) is 4.34. The lowest BCUT2D eigenvalue weighted by atomic mass is 10.1. The van der Waals surface area contributed by atoms with E-state index in [9.17, 15) is 12.8 Å². The summed E-state index contributed by atoms with van der Waals surface area (Å²) in [6.45, 7) is 3.61. The number of rotatable bonds is 9. The second-order valence-electron chi connectivity index (χ2n) is 8.20. The van der Waals surface area contributed by atoms with Crippen LogP contribution in [0.4, 0.5) is 10.2 Å². The van der Waals surface area contributed by atoms with Crippen molar-refractivity contribution in [3.05, 3.63) is 59.2 Å². The zero-order valence-corrected chi connectivity index (χ0v) is 21.1. The lowest BCUT2D eigenvalue weighted by Gasteiger charge is -2.11. The van der Waals surface area contributed by atoms with Crippen molar-refractivity contribution in [1.82, 2.24) is 25.5 Å². The van der Waals surface area contributed by atoms with Crippen LogP contribution in [0.5, 0.6) is 0 Å².